The molecule has 2 aromatic carbocycles. The molecule has 0 N–H and O–H groups in total. The molecule has 1 saturated carbocycles. The zero-order valence-electron chi connectivity index (χ0n) is 21.1. The average Bonchev–Trinajstić information content (AvgIpc) is 2.87. The summed E-state index contributed by atoms with van der Waals surface area (Å²) in [5, 5.41) is 0. The lowest BCUT2D eigenvalue weighted by atomic mass is 9.68. The summed E-state index contributed by atoms with van der Waals surface area (Å²) < 4.78 is 21.2. The largest absolute Gasteiger partial charge is 0.493 e. The van der Waals surface area contributed by atoms with Gasteiger partial charge in [-0.3, -0.25) is 9.59 Å². The van der Waals surface area contributed by atoms with E-state index in [1.54, 1.807) is 71.8 Å². The maximum atomic E-state index is 13.4. The van der Waals surface area contributed by atoms with E-state index in [2.05, 4.69) is 0 Å². The summed E-state index contributed by atoms with van der Waals surface area (Å²) in [6.07, 6.45) is 10.2. The van der Waals surface area contributed by atoms with Crippen LogP contribution in [-0.2, 0) is 9.59 Å². The third-order valence-electron chi connectivity index (χ3n) is 6.68. The number of allylic oxidation sites excluding steroid dienone is 2. The topological polar surface area (TPSA) is 71.1 Å². The van der Waals surface area contributed by atoms with E-state index in [0.29, 0.717) is 35.3 Å². The number of ketones is 2. The van der Waals surface area contributed by atoms with Crippen LogP contribution >= 0.6 is 0 Å². The molecular weight excluding hydrogens is 444 g/mol. The average molecular weight is 479 g/mol. The Balaban J connectivity index is 1.83. The van der Waals surface area contributed by atoms with Gasteiger partial charge in [-0.05, 0) is 66.8 Å². The van der Waals surface area contributed by atoms with E-state index in [0.717, 1.165) is 30.4 Å². The molecule has 0 spiro atoms. The number of rotatable bonds is 12. The lowest BCUT2D eigenvalue weighted by Gasteiger charge is -2.33. The van der Waals surface area contributed by atoms with Gasteiger partial charge in [-0.1, -0.05) is 43.5 Å². The van der Waals surface area contributed by atoms with Crippen molar-refractivity contribution in [2.45, 2.75) is 32.6 Å². The first-order valence-corrected chi connectivity index (χ1v) is 11.7. The summed E-state index contributed by atoms with van der Waals surface area (Å²) >= 11 is 0. The van der Waals surface area contributed by atoms with Crippen LogP contribution in [0.5, 0.6) is 23.0 Å². The van der Waals surface area contributed by atoms with E-state index in [1.165, 1.54) is 12.2 Å². The van der Waals surface area contributed by atoms with Crippen LogP contribution in [0.25, 0.3) is 12.2 Å². The first-order valence-electron chi connectivity index (χ1n) is 11.7. The van der Waals surface area contributed by atoms with Crippen molar-refractivity contribution < 1.29 is 28.5 Å². The fourth-order valence-corrected chi connectivity index (χ4v) is 4.22. The van der Waals surface area contributed by atoms with Crippen molar-refractivity contribution in [2.75, 3.05) is 28.4 Å². The highest BCUT2D eigenvalue weighted by Gasteiger charge is 2.41. The second kappa shape index (κ2) is 11.7. The lowest BCUT2D eigenvalue weighted by molar-refractivity contribution is -0.135. The molecule has 0 bridgehead atoms. The molecule has 0 atom stereocenters. The third kappa shape index (κ3) is 6.13. The number of hydrogen-bond acceptors (Lipinski definition) is 6. The van der Waals surface area contributed by atoms with E-state index in [4.69, 9.17) is 18.9 Å². The van der Waals surface area contributed by atoms with Crippen molar-refractivity contribution in [1.29, 1.82) is 0 Å². The van der Waals surface area contributed by atoms with Gasteiger partial charge in [0.1, 0.15) is 0 Å². The van der Waals surface area contributed by atoms with Gasteiger partial charge in [-0.15, -0.1) is 0 Å². The summed E-state index contributed by atoms with van der Waals surface area (Å²) in [4.78, 5) is 26.8. The smallest absolute Gasteiger partial charge is 0.169 e. The molecule has 1 aliphatic carbocycles. The molecule has 1 fully saturated rings. The van der Waals surface area contributed by atoms with Gasteiger partial charge in [0.2, 0.25) is 0 Å². The Bertz CT molecular complexity index is 1030. The molecule has 0 aromatic heterocycles. The highest BCUT2D eigenvalue weighted by molar-refractivity contribution is 6.17. The Morgan fingerprint density at radius 1 is 0.771 bits per heavy atom. The maximum absolute atomic E-state index is 13.4. The van der Waals surface area contributed by atoms with Gasteiger partial charge in [0.25, 0.3) is 0 Å². The Kier molecular flexibility index (Phi) is 8.74. The summed E-state index contributed by atoms with van der Waals surface area (Å²) in [5.41, 5.74) is 0.441. The summed E-state index contributed by atoms with van der Waals surface area (Å²) in [6.45, 7) is 1.76. The highest BCUT2D eigenvalue weighted by atomic mass is 16.5. The predicted molar refractivity (Wildman–Crippen MR) is 137 cm³/mol. The maximum Gasteiger partial charge on any atom is 0.169 e. The minimum Gasteiger partial charge on any atom is -0.493 e. The Hall–Kier alpha value is -3.54. The lowest BCUT2D eigenvalue weighted by Crippen LogP contribution is -2.37. The first kappa shape index (κ1) is 26.1. The van der Waals surface area contributed by atoms with Crippen molar-refractivity contribution in [3.63, 3.8) is 0 Å². The SMILES string of the molecule is COc1ccc(/C=C/C(=O)C(C)(CC2CCC2)C(=O)/C=C/c2ccc(OC)c(OC)c2)cc1OC. The van der Waals surface area contributed by atoms with Crippen LogP contribution in [0.3, 0.4) is 0 Å². The van der Waals surface area contributed by atoms with E-state index in [1.807, 2.05) is 12.1 Å². The van der Waals surface area contributed by atoms with Gasteiger partial charge in [-0.2, -0.15) is 0 Å². The monoisotopic (exact) mass is 478 g/mol. The van der Waals surface area contributed by atoms with Crippen LogP contribution < -0.4 is 18.9 Å². The fraction of sp³-hybridized carbons (Fsp3) is 0.379. The van der Waals surface area contributed by atoms with Crippen molar-refractivity contribution >= 4 is 23.7 Å². The number of hydrogen-bond donors (Lipinski definition) is 0. The van der Waals surface area contributed by atoms with Crippen molar-refractivity contribution in [1.82, 2.24) is 0 Å². The van der Waals surface area contributed by atoms with Crippen molar-refractivity contribution in [3.8, 4) is 23.0 Å². The number of carbonyl (C=O) groups excluding carboxylic acids is 2. The van der Waals surface area contributed by atoms with Crippen LogP contribution in [0.2, 0.25) is 0 Å². The molecule has 1 aliphatic rings. The van der Waals surface area contributed by atoms with Gasteiger partial charge < -0.3 is 18.9 Å². The molecule has 0 amide bonds. The highest BCUT2D eigenvalue weighted by Crippen LogP contribution is 2.39. The molecule has 0 saturated heterocycles. The fourth-order valence-electron chi connectivity index (χ4n) is 4.22. The quantitative estimate of drug-likeness (QED) is 0.284. The summed E-state index contributed by atoms with van der Waals surface area (Å²) in [7, 11) is 6.28. The van der Waals surface area contributed by atoms with Gasteiger partial charge in [0.05, 0.1) is 33.9 Å². The Morgan fingerprint density at radius 2 is 1.20 bits per heavy atom. The second-order valence-corrected chi connectivity index (χ2v) is 8.96. The van der Waals surface area contributed by atoms with Crippen LogP contribution in [0.15, 0.2) is 48.6 Å². The normalized spacial score (nSPS) is 14.1. The van der Waals surface area contributed by atoms with Crippen molar-refractivity contribution in [2.24, 2.45) is 11.3 Å². The summed E-state index contributed by atoms with van der Waals surface area (Å²) in [6, 6.07) is 10.8. The molecule has 3 rings (SSSR count). The Labute approximate surface area is 207 Å². The van der Waals surface area contributed by atoms with E-state index in [9.17, 15) is 9.59 Å². The molecule has 6 heteroatoms. The molecule has 35 heavy (non-hydrogen) atoms. The molecule has 0 aliphatic heterocycles. The third-order valence-corrected chi connectivity index (χ3v) is 6.68. The molecule has 0 radical (unpaired) electrons. The molecule has 0 unspecified atom stereocenters. The molecule has 6 nitrogen and oxygen atoms in total. The standard InChI is InChI=1S/C29H34O6/c1-29(19-22-7-6-8-22,27(30)15-11-20-9-13-23(32-2)25(17-20)34-4)28(31)16-12-21-10-14-24(33-3)26(18-21)35-5/h9-18,22H,6-8,19H2,1-5H3/b15-11+,16-12+. The van der Waals surface area contributed by atoms with E-state index >= 15 is 0 Å². The first-order chi connectivity index (χ1) is 16.8. The number of benzene rings is 2. The molecular formula is C29H34O6. The molecule has 2 aromatic rings. The number of carbonyl (C=O) groups is 2. The number of methoxy groups -OCH3 is 4. The second-order valence-electron chi connectivity index (χ2n) is 8.96. The van der Waals surface area contributed by atoms with Gasteiger partial charge >= 0.3 is 0 Å². The van der Waals surface area contributed by atoms with Crippen LogP contribution in [0, 0.1) is 11.3 Å². The van der Waals surface area contributed by atoms with E-state index < -0.39 is 5.41 Å². The zero-order valence-corrected chi connectivity index (χ0v) is 21.1. The van der Waals surface area contributed by atoms with Gasteiger partial charge in [-0.25, -0.2) is 0 Å². The molecule has 0 heterocycles. The van der Waals surface area contributed by atoms with Crippen LogP contribution in [0.1, 0.15) is 43.7 Å². The van der Waals surface area contributed by atoms with Crippen LogP contribution in [0.4, 0.5) is 0 Å². The van der Waals surface area contributed by atoms with Gasteiger partial charge in [0.15, 0.2) is 34.6 Å². The summed E-state index contributed by atoms with van der Waals surface area (Å²) in [5.74, 6) is 2.35. The predicted octanol–water partition coefficient (Wildman–Crippen LogP) is 5.78. The van der Waals surface area contributed by atoms with Crippen molar-refractivity contribution in [3.05, 3.63) is 59.7 Å². The van der Waals surface area contributed by atoms with Crippen LogP contribution in [-0.4, -0.2) is 40.0 Å². The Morgan fingerprint density at radius 3 is 1.54 bits per heavy atom. The minimum atomic E-state index is -1.13. The molecule has 186 valence electrons. The van der Waals surface area contributed by atoms with Gasteiger partial charge in [0, 0.05) is 0 Å². The number of ether oxygens (including phenoxy) is 4. The van der Waals surface area contributed by atoms with E-state index in [-0.39, 0.29) is 11.6 Å². The minimum absolute atomic E-state index is 0.207. The zero-order chi connectivity index (χ0) is 25.4.